The van der Waals surface area contributed by atoms with Crippen molar-refractivity contribution in [2.75, 3.05) is 20.2 Å². The minimum atomic E-state index is -0.311. The number of hydrogen-bond donors (Lipinski definition) is 2. The summed E-state index contributed by atoms with van der Waals surface area (Å²) in [5, 5.41) is 22.1. The number of benzene rings is 1. The van der Waals surface area contributed by atoms with Crippen LogP contribution in [-0.2, 0) is 5.41 Å². The van der Waals surface area contributed by atoms with Crippen LogP contribution in [0.2, 0.25) is 0 Å². The highest BCUT2D eigenvalue weighted by atomic mass is 16.5. The summed E-state index contributed by atoms with van der Waals surface area (Å²) in [6, 6.07) is 4.33. The molecular weight excluding hydrogens is 302 g/mol. The third kappa shape index (κ3) is 1.37. The molecule has 4 nitrogen and oxygen atoms in total. The van der Waals surface area contributed by atoms with E-state index in [1.54, 1.807) is 7.11 Å². The van der Waals surface area contributed by atoms with E-state index in [4.69, 9.17) is 4.74 Å². The Hall–Kier alpha value is -1.26. The van der Waals surface area contributed by atoms with Gasteiger partial charge in [0.2, 0.25) is 0 Å². The van der Waals surface area contributed by atoms with Crippen LogP contribution in [0.15, 0.2) is 12.1 Å². The Morgan fingerprint density at radius 2 is 2.17 bits per heavy atom. The minimum Gasteiger partial charge on any atom is -0.504 e. The molecule has 5 bridgehead atoms. The van der Waals surface area contributed by atoms with E-state index in [1.165, 1.54) is 5.56 Å². The standard InChI is InChI=1S/C20H27NO3/c1-4-21-10-19(2)8-7-15(22)20-12-5-6-13(24-3)17(23)16(12)11(18(20)21)9-14(19)20/h5-6,11,14-15,18,22-23H,4,7-10H2,1-3H3/t11?,14-,15+,18?,19+,20?/m1/s1. The third-order valence-electron chi connectivity index (χ3n) is 7.92. The smallest absolute Gasteiger partial charge is 0.161 e. The quantitative estimate of drug-likeness (QED) is 0.876. The second-order valence-electron chi connectivity index (χ2n) is 8.62. The number of phenols is 1. The molecule has 0 amide bonds. The molecule has 1 aromatic rings. The van der Waals surface area contributed by atoms with E-state index in [-0.39, 0.29) is 16.9 Å². The van der Waals surface area contributed by atoms with Crippen molar-refractivity contribution in [2.45, 2.75) is 56.6 Å². The molecule has 1 saturated heterocycles. The monoisotopic (exact) mass is 329 g/mol. The van der Waals surface area contributed by atoms with Gasteiger partial charge in [-0.1, -0.05) is 19.9 Å². The molecule has 3 aliphatic carbocycles. The summed E-state index contributed by atoms with van der Waals surface area (Å²) >= 11 is 0. The van der Waals surface area contributed by atoms with E-state index in [1.807, 2.05) is 6.07 Å². The summed E-state index contributed by atoms with van der Waals surface area (Å²) in [4.78, 5) is 2.59. The number of nitrogens with zero attached hydrogens (tertiary/aromatic N) is 1. The number of rotatable bonds is 2. The summed E-state index contributed by atoms with van der Waals surface area (Å²) in [5.41, 5.74) is 2.32. The van der Waals surface area contributed by atoms with Gasteiger partial charge < -0.3 is 14.9 Å². The molecule has 2 saturated carbocycles. The first-order valence-corrected chi connectivity index (χ1v) is 9.31. The molecule has 130 valence electrons. The number of piperidine rings is 1. The Labute approximate surface area is 143 Å². The molecule has 24 heavy (non-hydrogen) atoms. The normalized spacial score (nSPS) is 45.3. The highest BCUT2D eigenvalue weighted by Gasteiger charge is 2.74. The Balaban J connectivity index is 1.80. The van der Waals surface area contributed by atoms with Crippen LogP contribution in [0.25, 0.3) is 0 Å². The van der Waals surface area contributed by atoms with Crippen LogP contribution in [0, 0.1) is 11.3 Å². The van der Waals surface area contributed by atoms with Crippen molar-refractivity contribution in [2.24, 2.45) is 11.3 Å². The van der Waals surface area contributed by atoms with Crippen molar-refractivity contribution in [1.29, 1.82) is 0 Å². The van der Waals surface area contributed by atoms with Gasteiger partial charge in [0.05, 0.1) is 13.2 Å². The first kappa shape index (κ1) is 15.0. The molecule has 1 aromatic carbocycles. The fraction of sp³-hybridized carbons (Fsp3) is 0.700. The van der Waals surface area contributed by atoms with Gasteiger partial charge in [-0.15, -0.1) is 0 Å². The third-order valence-corrected chi connectivity index (χ3v) is 7.92. The molecule has 6 atom stereocenters. The van der Waals surface area contributed by atoms with Gasteiger partial charge in [-0.3, -0.25) is 4.90 Å². The van der Waals surface area contributed by atoms with E-state index in [9.17, 15) is 10.2 Å². The molecule has 0 radical (unpaired) electrons. The van der Waals surface area contributed by atoms with E-state index in [0.29, 0.717) is 29.4 Å². The first-order valence-electron chi connectivity index (χ1n) is 9.31. The van der Waals surface area contributed by atoms with Crippen LogP contribution < -0.4 is 4.74 Å². The predicted molar refractivity (Wildman–Crippen MR) is 91.6 cm³/mol. The topological polar surface area (TPSA) is 52.9 Å². The number of ether oxygens (including phenoxy) is 1. The summed E-state index contributed by atoms with van der Waals surface area (Å²) < 4.78 is 5.36. The maximum atomic E-state index is 11.2. The number of likely N-dealkylation sites (tertiary alicyclic amines) is 1. The Kier molecular flexibility index (Phi) is 2.80. The van der Waals surface area contributed by atoms with Crippen molar-refractivity contribution in [3.63, 3.8) is 0 Å². The highest BCUT2D eigenvalue weighted by Crippen LogP contribution is 2.74. The lowest BCUT2D eigenvalue weighted by atomic mass is 9.50. The number of aliphatic hydroxyl groups is 1. The SMILES string of the molecule is CCN1C[C@]2(C)CC[C@H](O)C34c5ccc(OC)c(O)c5C(C[C@@H]32)C14. The molecule has 1 aliphatic heterocycles. The van der Waals surface area contributed by atoms with Gasteiger partial charge in [-0.05, 0) is 48.8 Å². The minimum absolute atomic E-state index is 0.203. The summed E-state index contributed by atoms with van der Waals surface area (Å²) in [6.07, 6.45) is 2.75. The number of aromatic hydroxyl groups is 1. The van der Waals surface area contributed by atoms with E-state index in [0.717, 1.165) is 37.9 Å². The molecule has 2 N–H and O–H groups in total. The average Bonchev–Trinajstić information content (AvgIpc) is 3.03. The molecule has 0 aromatic heterocycles. The van der Waals surface area contributed by atoms with Crippen LogP contribution in [-0.4, -0.2) is 47.5 Å². The molecule has 4 heteroatoms. The van der Waals surface area contributed by atoms with Gasteiger partial charge in [0, 0.05) is 29.5 Å². The van der Waals surface area contributed by atoms with Crippen LogP contribution in [0.1, 0.15) is 50.2 Å². The number of fused-ring (bicyclic) bond motifs is 2. The second-order valence-corrected chi connectivity index (χ2v) is 8.62. The lowest BCUT2D eigenvalue weighted by Crippen LogP contribution is -2.67. The number of phenolic OH excluding ortho intramolecular Hbond substituents is 1. The van der Waals surface area contributed by atoms with Gasteiger partial charge in [0.15, 0.2) is 11.5 Å². The molecule has 3 unspecified atom stereocenters. The van der Waals surface area contributed by atoms with Crippen molar-refractivity contribution < 1.29 is 14.9 Å². The Morgan fingerprint density at radius 1 is 1.38 bits per heavy atom. The average molecular weight is 329 g/mol. The summed E-state index contributed by atoms with van der Waals surface area (Å²) in [6.45, 7) is 6.78. The summed E-state index contributed by atoms with van der Waals surface area (Å²) in [5.74, 6) is 1.70. The van der Waals surface area contributed by atoms with Crippen molar-refractivity contribution in [3.8, 4) is 11.5 Å². The Bertz CT molecular complexity index is 719. The van der Waals surface area contributed by atoms with Gasteiger partial charge in [-0.25, -0.2) is 0 Å². The predicted octanol–water partition coefficient (Wildman–Crippen LogP) is 2.62. The van der Waals surface area contributed by atoms with Gasteiger partial charge >= 0.3 is 0 Å². The molecule has 5 rings (SSSR count). The number of methoxy groups -OCH3 is 1. The number of aliphatic hydroxyl groups excluding tert-OH is 1. The van der Waals surface area contributed by atoms with Crippen LogP contribution in [0.4, 0.5) is 0 Å². The first-order chi connectivity index (χ1) is 11.5. The van der Waals surface area contributed by atoms with Gasteiger partial charge in [0.1, 0.15) is 0 Å². The largest absolute Gasteiger partial charge is 0.504 e. The molecule has 1 heterocycles. The van der Waals surface area contributed by atoms with Gasteiger partial charge in [-0.2, -0.15) is 0 Å². The highest BCUT2D eigenvalue weighted by molar-refractivity contribution is 5.62. The van der Waals surface area contributed by atoms with E-state index < -0.39 is 0 Å². The molecular formula is C20H27NO3. The lowest BCUT2D eigenvalue weighted by molar-refractivity contribution is -0.125. The fourth-order valence-electron chi connectivity index (χ4n) is 7.21. The Morgan fingerprint density at radius 3 is 2.88 bits per heavy atom. The molecule has 1 spiro atoms. The fourth-order valence-corrected chi connectivity index (χ4v) is 7.21. The zero-order valence-corrected chi connectivity index (χ0v) is 14.7. The van der Waals surface area contributed by atoms with Gasteiger partial charge in [0.25, 0.3) is 0 Å². The van der Waals surface area contributed by atoms with Crippen LogP contribution in [0.5, 0.6) is 11.5 Å². The maximum Gasteiger partial charge on any atom is 0.161 e. The maximum absolute atomic E-state index is 11.2. The van der Waals surface area contributed by atoms with Crippen molar-refractivity contribution in [1.82, 2.24) is 4.90 Å². The van der Waals surface area contributed by atoms with E-state index in [2.05, 4.69) is 24.8 Å². The van der Waals surface area contributed by atoms with Crippen LogP contribution in [0.3, 0.4) is 0 Å². The number of likely N-dealkylation sites (N-methyl/N-ethyl adjacent to an activating group) is 1. The number of hydrogen-bond acceptors (Lipinski definition) is 4. The molecule has 4 aliphatic rings. The summed E-state index contributed by atoms with van der Waals surface area (Å²) in [7, 11) is 1.61. The molecule has 3 fully saturated rings. The van der Waals surface area contributed by atoms with Crippen molar-refractivity contribution in [3.05, 3.63) is 23.3 Å². The van der Waals surface area contributed by atoms with Crippen LogP contribution >= 0.6 is 0 Å². The second kappa shape index (κ2) is 4.47. The zero-order chi connectivity index (χ0) is 16.9. The van der Waals surface area contributed by atoms with Crippen molar-refractivity contribution >= 4 is 0 Å². The lowest BCUT2D eigenvalue weighted by Gasteiger charge is -2.61. The zero-order valence-electron chi connectivity index (χ0n) is 14.7. The van der Waals surface area contributed by atoms with E-state index >= 15 is 0 Å².